The minimum atomic E-state index is -0.538. The predicted molar refractivity (Wildman–Crippen MR) is 63.6 cm³/mol. The van der Waals surface area contributed by atoms with Crippen molar-refractivity contribution in [3.8, 4) is 5.69 Å². The van der Waals surface area contributed by atoms with E-state index >= 15 is 0 Å². The van der Waals surface area contributed by atoms with E-state index in [9.17, 15) is 14.9 Å². The van der Waals surface area contributed by atoms with Crippen LogP contribution in [0, 0.1) is 10.1 Å². The molecule has 2 rings (SSSR count). The summed E-state index contributed by atoms with van der Waals surface area (Å²) in [7, 11) is 1.47. The van der Waals surface area contributed by atoms with Gasteiger partial charge in [-0.1, -0.05) is 0 Å². The highest BCUT2D eigenvalue weighted by atomic mass is 16.6. The van der Waals surface area contributed by atoms with Crippen LogP contribution in [0.5, 0.6) is 0 Å². The van der Waals surface area contributed by atoms with E-state index in [2.05, 4.69) is 10.3 Å². The number of rotatable bonds is 3. The first-order valence-electron chi connectivity index (χ1n) is 5.12. The number of hydrogen-bond donors (Lipinski definition) is 1. The van der Waals surface area contributed by atoms with Gasteiger partial charge in [0.1, 0.15) is 0 Å². The van der Waals surface area contributed by atoms with Crippen molar-refractivity contribution in [3.63, 3.8) is 0 Å². The number of carbonyl (C=O) groups is 1. The van der Waals surface area contributed by atoms with Crippen LogP contribution < -0.4 is 5.32 Å². The van der Waals surface area contributed by atoms with Crippen molar-refractivity contribution in [2.24, 2.45) is 0 Å². The topological polar surface area (TPSA) is 90.1 Å². The summed E-state index contributed by atoms with van der Waals surface area (Å²) >= 11 is 0. The highest BCUT2D eigenvalue weighted by molar-refractivity contribution is 5.98. The highest BCUT2D eigenvalue weighted by Crippen LogP contribution is 2.21. The molecule has 1 aromatic heterocycles. The van der Waals surface area contributed by atoms with E-state index < -0.39 is 4.92 Å². The Morgan fingerprint density at radius 3 is 2.83 bits per heavy atom. The first-order valence-corrected chi connectivity index (χ1v) is 5.12. The molecule has 0 fully saturated rings. The molecule has 1 heterocycles. The van der Waals surface area contributed by atoms with Crippen LogP contribution >= 0.6 is 0 Å². The van der Waals surface area contributed by atoms with Gasteiger partial charge < -0.3 is 9.88 Å². The van der Waals surface area contributed by atoms with E-state index in [-0.39, 0.29) is 17.2 Å². The number of amides is 1. The van der Waals surface area contributed by atoms with Gasteiger partial charge in [0.15, 0.2) is 0 Å². The lowest BCUT2D eigenvalue weighted by Crippen LogP contribution is -2.20. The second kappa shape index (κ2) is 4.66. The first kappa shape index (κ1) is 11.8. The molecule has 0 saturated carbocycles. The maximum atomic E-state index is 11.7. The van der Waals surface area contributed by atoms with Crippen molar-refractivity contribution >= 4 is 11.6 Å². The molecular formula is C11H10N4O3. The lowest BCUT2D eigenvalue weighted by molar-refractivity contribution is -0.384. The smallest absolute Gasteiger partial charge is 0.270 e. The molecule has 92 valence electrons. The van der Waals surface area contributed by atoms with Crippen LogP contribution in [0.2, 0.25) is 0 Å². The zero-order valence-corrected chi connectivity index (χ0v) is 9.53. The van der Waals surface area contributed by atoms with Crippen LogP contribution in [-0.4, -0.2) is 27.4 Å². The second-order valence-electron chi connectivity index (χ2n) is 3.51. The van der Waals surface area contributed by atoms with Crippen molar-refractivity contribution in [1.82, 2.24) is 14.9 Å². The Morgan fingerprint density at radius 1 is 1.50 bits per heavy atom. The maximum Gasteiger partial charge on any atom is 0.270 e. The van der Waals surface area contributed by atoms with Crippen molar-refractivity contribution in [1.29, 1.82) is 0 Å². The Labute approximate surface area is 102 Å². The SMILES string of the molecule is CNC(=O)c1cc([N+](=O)[O-])ccc1-n1ccnc1. The van der Waals surface area contributed by atoms with Gasteiger partial charge in [0.25, 0.3) is 11.6 Å². The summed E-state index contributed by atoms with van der Waals surface area (Å²) in [6.07, 6.45) is 4.75. The van der Waals surface area contributed by atoms with Crippen LogP contribution in [0.3, 0.4) is 0 Å². The number of carbonyl (C=O) groups excluding carboxylic acids is 1. The van der Waals surface area contributed by atoms with Crippen LogP contribution in [0.25, 0.3) is 5.69 Å². The molecule has 2 aromatic rings. The molecule has 0 spiro atoms. The van der Waals surface area contributed by atoms with Crippen molar-refractivity contribution in [2.45, 2.75) is 0 Å². The van der Waals surface area contributed by atoms with Crippen LogP contribution in [-0.2, 0) is 0 Å². The normalized spacial score (nSPS) is 10.1. The van der Waals surface area contributed by atoms with Crippen molar-refractivity contribution in [3.05, 3.63) is 52.6 Å². The molecule has 0 aliphatic carbocycles. The third-order valence-electron chi connectivity index (χ3n) is 2.45. The summed E-state index contributed by atoms with van der Waals surface area (Å²) in [6, 6.07) is 4.11. The Balaban J connectivity index is 2.59. The number of non-ortho nitro benzene ring substituents is 1. The molecular weight excluding hydrogens is 236 g/mol. The van der Waals surface area contributed by atoms with Gasteiger partial charge in [0.05, 0.1) is 22.5 Å². The average molecular weight is 246 g/mol. The third kappa shape index (κ3) is 2.05. The second-order valence-corrected chi connectivity index (χ2v) is 3.51. The van der Waals surface area contributed by atoms with E-state index in [1.807, 2.05) is 0 Å². The van der Waals surface area contributed by atoms with Gasteiger partial charge >= 0.3 is 0 Å². The fourth-order valence-corrected chi connectivity index (χ4v) is 1.58. The number of nitrogens with zero attached hydrogens (tertiary/aromatic N) is 3. The number of nitrogens with one attached hydrogen (secondary N) is 1. The number of hydrogen-bond acceptors (Lipinski definition) is 4. The standard InChI is InChI=1S/C11H10N4O3/c1-12-11(16)9-6-8(15(17)18)2-3-10(9)14-5-4-13-7-14/h2-7H,1H3,(H,12,16). The van der Waals surface area contributed by atoms with Crippen molar-refractivity contribution < 1.29 is 9.72 Å². The van der Waals surface area contributed by atoms with Crippen molar-refractivity contribution in [2.75, 3.05) is 7.05 Å². The first-order chi connectivity index (χ1) is 8.63. The molecule has 0 aliphatic rings. The highest BCUT2D eigenvalue weighted by Gasteiger charge is 2.16. The molecule has 0 saturated heterocycles. The number of nitro groups is 1. The lowest BCUT2D eigenvalue weighted by Gasteiger charge is -2.08. The molecule has 0 radical (unpaired) electrons. The van der Waals surface area contributed by atoms with Gasteiger partial charge in [0.2, 0.25) is 0 Å². The summed E-state index contributed by atoms with van der Waals surface area (Å²) in [6.45, 7) is 0. The van der Waals surface area contributed by atoms with Crippen LogP contribution in [0.4, 0.5) is 5.69 Å². The van der Waals surface area contributed by atoms with Gasteiger partial charge in [-0.2, -0.15) is 0 Å². The van der Waals surface area contributed by atoms with E-state index in [1.54, 1.807) is 17.0 Å². The summed E-state index contributed by atoms with van der Waals surface area (Å²) in [4.78, 5) is 25.8. The molecule has 0 atom stereocenters. The number of nitro benzene ring substituents is 1. The minimum Gasteiger partial charge on any atom is -0.355 e. The molecule has 7 nitrogen and oxygen atoms in total. The minimum absolute atomic E-state index is 0.127. The largest absolute Gasteiger partial charge is 0.355 e. The van der Waals surface area contributed by atoms with E-state index in [0.717, 1.165) is 0 Å². The number of imidazole rings is 1. The van der Waals surface area contributed by atoms with Gasteiger partial charge in [-0.3, -0.25) is 14.9 Å². The molecule has 1 N–H and O–H groups in total. The molecule has 0 unspecified atom stereocenters. The van der Waals surface area contributed by atoms with Crippen LogP contribution in [0.1, 0.15) is 10.4 Å². The van der Waals surface area contributed by atoms with Gasteiger partial charge in [-0.15, -0.1) is 0 Å². The number of aromatic nitrogens is 2. The Hall–Kier alpha value is -2.70. The molecule has 1 amide bonds. The Bertz CT molecular complexity index is 592. The van der Waals surface area contributed by atoms with Crippen LogP contribution in [0.15, 0.2) is 36.9 Å². The summed E-state index contributed by atoms with van der Waals surface area (Å²) < 4.78 is 1.62. The van der Waals surface area contributed by atoms with Gasteiger partial charge in [-0.25, -0.2) is 4.98 Å². The molecule has 18 heavy (non-hydrogen) atoms. The molecule has 0 aliphatic heterocycles. The monoisotopic (exact) mass is 246 g/mol. The fraction of sp³-hybridized carbons (Fsp3) is 0.0909. The van der Waals surface area contributed by atoms with E-state index in [0.29, 0.717) is 5.69 Å². The average Bonchev–Trinajstić information content (AvgIpc) is 2.90. The molecule has 7 heteroatoms. The summed E-state index contributed by atoms with van der Waals surface area (Å²) in [5, 5.41) is 13.2. The number of benzene rings is 1. The molecule has 0 bridgehead atoms. The maximum absolute atomic E-state index is 11.7. The Morgan fingerprint density at radius 2 is 2.28 bits per heavy atom. The predicted octanol–water partition coefficient (Wildman–Crippen LogP) is 1.14. The lowest BCUT2D eigenvalue weighted by atomic mass is 10.1. The third-order valence-corrected chi connectivity index (χ3v) is 2.45. The Kier molecular flexibility index (Phi) is 3.05. The summed E-state index contributed by atoms with van der Waals surface area (Å²) in [5.41, 5.74) is 0.639. The van der Waals surface area contributed by atoms with E-state index in [4.69, 9.17) is 0 Å². The van der Waals surface area contributed by atoms with Gasteiger partial charge in [-0.05, 0) is 6.07 Å². The zero-order valence-electron chi connectivity index (χ0n) is 9.53. The fourth-order valence-electron chi connectivity index (χ4n) is 1.58. The molecule has 1 aromatic carbocycles. The van der Waals surface area contributed by atoms with Gasteiger partial charge in [0, 0.05) is 31.6 Å². The van der Waals surface area contributed by atoms with E-state index in [1.165, 1.54) is 31.6 Å². The summed E-state index contributed by atoms with van der Waals surface area (Å²) in [5.74, 6) is -0.387. The zero-order chi connectivity index (χ0) is 13.1. The quantitative estimate of drug-likeness (QED) is 0.649.